The van der Waals surface area contributed by atoms with Crippen LogP contribution in [0.3, 0.4) is 0 Å². The van der Waals surface area contributed by atoms with E-state index < -0.39 is 11.8 Å². The quantitative estimate of drug-likeness (QED) is 0.440. The first kappa shape index (κ1) is 21.9. The molecule has 1 fully saturated rings. The van der Waals surface area contributed by atoms with Gasteiger partial charge in [0, 0.05) is 13.1 Å². The van der Waals surface area contributed by atoms with Gasteiger partial charge in [-0.2, -0.15) is 5.10 Å². The monoisotopic (exact) mass is 420 g/mol. The zero-order chi connectivity index (χ0) is 22.1. The topological polar surface area (TPSA) is 100 Å². The molecule has 0 aromatic heterocycles. The highest BCUT2D eigenvalue weighted by Gasteiger charge is 2.22. The molecule has 0 aliphatic carbocycles. The molecule has 0 atom stereocenters. The summed E-state index contributed by atoms with van der Waals surface area (Å²) >= 11 is 0. The Morgan fingerprint density at radius 1 is 0.968 bits per heavy atom. The Labute approximate surface area is 180 Å². The van der Waals surface area contributed by atoms with E-state index >= 15 is 0 Å². The molecule has 8 heteroatoms. The molecule has 2 aromatic rings. The third kappa shape index (κ3) is 6.35. The second kappa shape index (κ2) is 10.8. The van der Waals surface area contributed by atoms with Crippen molar-refractivity contribution < 1.29 is 19.1 Å². The fourth-order valence-electron chi connectivity index (χ4n) is 2.90. The normalized spacial score (nSPS) is 14.4. The lowest BCUT2D eigenvalue weighted by atomic mass is 10.1. The highest BCUT2D eigenvalue weighted by atomic mass is 16.5. The number of carbonyl (C=O) groups excluding carboxylic acids is 3. The minimum Gasteiger partial charge on any atom is -0.378 e. The van der Waals surface area contributed by atoms with E-state index in [0.717, 1.165) is 5.56 Å². The molecule has 1 saturated heterocycles. The average molecular weight is 420 g/mol. The summed E-state index contributed by atoms with van der Waals surface area (Å²) in [5, 5.41) is 6.41. The van der Waals surface area contributed by atoms with Gasteiger partial charge in [0.15, 0.2) is 0 Å². The van der Waals surface area contributed by atoms with Gasteiger partial charge in [-0.15, -0.1) is 0 Å². The fraction of sp³-hybridized carbons (Fsp3) is 0.217. The Morgan fingerprint density at radius 2 is 1.65 bits per heavy atom. The molecule has 8 nitrogen and oxygen atoms in total. The van der Waals surface area contributed by atoms with Crippen molar-refractivity contribution in [2.75, 3.05) is 31.6 Å². The van der Waals surface area contributed by atoms with Gasteiger partial charge in [0.05, 0.1) is 30.2 Å². The molecular weight excluding hydrogens is 396 g/mol. The van der Waals surface area contributed by atoms with Gasteiger partial charge in [-0.25, -0.2) is 5.43 Å². The predicted molar refractivity (Wildman–Crippen MR) is 119 cm³/mol. The minimum atomic E-state index is -0.930. The maximum absolute atomic E-state index is 12.8. The van der Waals surface area contributed by atoms with Gasteiger partial charge in [-0.3, -0.25) is 14.4 Å². The number of amides is 3. The van der Waals surface area contributed by atoms with E-state index in [0.29, 0.717) is 37.6 Å². The van der Waals surface area contributed by atoms with Crippen LogP contribution in [0.2, 0.25) is 0 Å². The average Bonchev–Trinajstić information content (AvgIpc) is 2.82. The second-order valence-electron chi connectivity index (χ2n) is 6.84. The van der Waals surface area contributed by atoms with E-state index in [-0.39, 0.29) is 11.6 Å². The summed E-state index contributed by atoms with van der Waals surface area (Å²) in [7, 11) is 0. The van der Waals surface area contributed by atoms with Crippen LogP contribution in [0.4, 0.5) is 5.69 Å². The van der Waals surface area contributed by atoms with E-state index in [9.17, 15) is 14.4 Å². The Morgan fingerprint density at radius 3 is 2.39 bits per heavy atom. The molecule has 160 valence electrons. The fourth-order valence-corrected chi connectivity index (χ4v) is 2.90. The number of hydrogen-bond donors (Lipinski definition) is 2. The summed E-state index contributed by atoms with van der Waals surface area (Å²) in [6, 6.07) is 16.2. The molecule has 3 rings (SSSR count). The number of anilines is 1. The zero-order valence-electron chi connectivity index (χ0n) is 17.2. The molecular formula is C23H24N4O4. The Hall–Kier alpha value is -3.78. The van der Waals surface area contributed by atoms with Crippen LogP contribution in [-0.4, -0.2) is 54.6 Å². The summed E-state index contributed by atoms with van der Waals surface area (Å²) in [6.45, 7) is 3.60. The lowest BCUT2D eigenvalue weighted by Crippen LogP contribution is -2.41. The number of para-hydroxylation sites is 1. The molecule has 3 amide bonds. The highest BCUT2D eigenvalue weighted by molar-refractivity contribution is 6.40. The largest absolute Gasteiger partial charge is 0.378 e. The molecule has 1 heterocycles. The number of morpholine rings is 1. The van der Waals surface area contributed by atoms with Crippen molar-refractivity contribution in [3.8, 4) is 0 Å². The van der Waals surface area contributed by atoms with Gasteiger partial charge >= 0.3 is 11.8 Å². The second-order valence-corrected chi connectivity index (χ2v) is 6.84. The molecule has 1 aliphatic heterocycles. The molecule has 0 radical (unpaired) electrons. The predicted octanol–water partition coefficient (Wildman–Crippen LogP) is 2.30. The van der Waals surface area contributed by atoms with Crippen LogP contribution in [-0.2, 0) is 14.3 Å². The van der Waals surface area contributed by atoms with E-state index in [2.05, 4.69) is 15.8 Å². The molecule has 1 aliphatic rings. The summed E-state index contributed by atoms with van der Waals surface area (Å²) in [6.07, 6.45) is 3.57. The lowest BCUT2D eigenvalue weighted by Gasteiger charge is -2.27. The number of nitrogens with zero attached hydrogens (tertiary/aromatic N) is 2. The maximum atomic E-state index is 12.8. The number of carbonyl (C=O) groups is 3. The number of nitrogens with one attached hydrogen (secondary N) is 2. The minimum absolute atomic E-state index is 0.223. The molecule has 0 spiro atoms. The lowest BCUT2D eigenvalue weighted by molar-refractivity contribution is -0.136. The van der Waals surface area contributed by atoms with Crippen LogP contribution in [0.15, 0.2) is 65.8 Å². The summed E-state index contributed by atoms with van der Waals surface area (Å²) < 4.78 is 5.27. The van der Waals surface area contributed by atoms with E-state index in [1.807, 2.05) is 36.4 Å². The van der Waals surface area contributed by atoms with Gasteiger partial charge < -0.3 is 15.0 Å². The van der Waals surface area contributed by atoms with E-state index in [1.165, 1.54) is 0 Å². The third-order valence-electron chi connectivity index (χ3n) is 4.56. The van der Waals surface area contributed by atoms with Crippen LogP contribution < -0.4 is 10.7 Å². The Kier molecular flexibility index (Phi) is 7.67. The SMILES string of the molecule is CC(C=Cc1ccccc1)=NNC(=O)C(=O)Nc1ccccc1C(=O)N1CCOCC1. The van der Waals surface area contributed by atoms with Gasteiger partial charge in [0.2, 0.25) is 0 Å². The molecule has 0 saturated carbocycles. The van der Waals surface area contributed by atoms with Crippen molar-refractivity contribution >= 4 is 35.2 Å². The number of rotatable bonds is 5. The molecule has 0 unspecified atom stereocenters. The standard InChI is InChI=1S/C23H24N4O4/c1-17(11-12-18-7-3-2-4-8-18)25-26-22(29)21(28)24-20-10-6-5-9-19(20)23(30)27-13-15-31-16-14-27/h2-12H,13-16H2,1H3,(H,24,28)(H,26,29). The Bertz CT molecular complexity index is 996. The first-order chi connectivity index (χ1) is 15.0. The smallest absolute Gasteiger partial charge is 0.329 e. The first-order valence-corrected chi connectivity index (χ1v) is 9.89. The summed E-state index contributed by atoms with van der Waals surface area (Å²) in [5.74, 6) is -2.06. The maximum Gasteiger partial charge on any atom is 0.329 e. The number of ether oxygens (including phenoxy) is 1. The first-order valence-electron chi connectivity index (χ1n) is 9.89. The van der Waals surface area contributed by atoms with Crippen LogP contribution in [0.25, 0.3) is 6.08 Å². The van der Waals surface area contributed by atoms with Crippen molar-refractivity contribution in [3.63, 3.8) is 0 Å². The number of hydrogen-bond acceptors (Lipinski definition) is 5. The molecule has 2 N–H and O–H groups in total. The number of benzene rings is 2. The highest BCUT2D eigenvalue weighted by Crippen LogP contribution is 2.18. The third-order valence-corrected chi connectivity index (χ3v) is 4.56. The van der Waals surface area contributed by atoms with E-state index in [1.54, 1.807) is 42.2 Å². The summed E-state index contributed by atoms with van der Waals surface area (Å²) in [4.78, 5) is 38.9. The molecule has 31 heavy (non-hydrogen) atoms. The Balaban J connectivity index is 1.60. The molecule has 2 aromatic carbocycles. The van der Waals surface area contributed by atoms with Crippen LogP contribution >= 0.6 is 0 Å². The van der Waals surface area contributed by atoms with Crippen LogP contribution in [0, 0.1) is 0 Å². The van der Waals surface area contributed by atoms with Crippen molar-refractivity contribution in [2.24, 2.45) is 5.10 Å². The van der Waals surface area contributed by atoms with Crippen molar-refractivity contribution in [1.82, 2.24) is 10.3 Å². The van der Waals surface area contributed by atoms with Gasteiger partial charge in [0.1, 0.15) is 0 Å². The van der Waals surface area contributed by atoms with Crippen LogP contribution in [0.1, 0.15) is 22.8 Å². The van der Waals surface area contributed by atoms with Crippen LogP contribution in [0.5, 0.6) is 0 Å². The van der Waals surface area contributed by atoms with Gasteiger partial charge in [0.25, 0.3) is 5.91 Å². The van der Waals surface area contributed by atoms with Crippen molar-refractivity contribution in [1.29, 1.82) is 0 Å². The van der Waals surface area contributed by atoms with E-state index in [4.69, 9.17) is 4.74 Å². The molecule has 0 bridgehead atoms. The zero-order valence-corrected chi connectivity index (χ0v) is 17.2. The summed E-state index contributed by atoms with van der Waals surface area (Å²) in [5.41, 5.74) is 4.32. The van der Waals surface area contributed by atoms with Gasteiger partial charge in [-0.05, 0) is 30.7 Å². The number of allylic oxidation sites excluding steroid dienone is 1. The van der Waals surface area contributed by atoms with Crippen molar-refractivity contribution in [2.45, 2.75) is 6.92 Å². The van der Waals surface area contributed by atoms with Crippen molar-refractivity contribution in [3.05, 3.63) is 71.8 Å². The number of hydrazone groups is 1. The van der Waals surface area contributed by atoms with Gasteiger partial charge in [-0.1, -0.05) is 48.5 Å².